The highest BCUT2D eigenvalue weighted by molar-refractivity contribution is 9.08. The molecular weight excluding hydrogens is 284 g/mol. The van der Waals surface area contributed by atoms with Gasteiger partial charge in [-0.05, 0) is 38.2 Å². The van der Waals surface area contributed by atoms with E-state index in [1.165, 1.54) is 32.3 Å². The van der Waals surface area contributed by atoms with Gasteiger partial charge in [-0.25, -0.2) is 0 Å². The number of benzene rings is 4. The minimum atomic E-state index is 1.34. The average Bonchev–Trinajstić information content (AvgIpc) is 2.47. The lowest BCUT2D eigenvalue weighted by Crippen LogP contribution is -1.82. The van der Waals surface area contributed by atoms with Crippen molar-refractivity contribution in [2.24, 2.45) is 0 Å². The summed E-state index contributed by atoms with van der Waals surface area (Å²) in [6, 6.07) is 21.9. The number of alkyl halides is 1. The minimum Gasteiger partial charge on any atom is -0.0966 e. The lowest BCUT2D eigenvalue weighted by molar-refractivity contribution is 1.78. The maximum Gasteiger partial charge on any atom is -0.00268 e. The zero-order chi connectivity index (χ0) is 12.5. The highest BCUT2D eigenvalue weighted by Gasteiger charge is 2.05. The van der Waals surface area contributed by atoms with E-state index in [1.807, 2.05) is 5.83 Å². The van der Waals surface area contributed by atoms with Gasteiger partial charge in [0, 0.05) is 0 Å². The molecule has 4 aromatic rings. The summed E-state index contributed by atoms with van der Waals surface area (Å²) in [4.78, 5) is 0. The van der Waals surface area contributed by atoms with E-state index < -0.39 is 0 Å². The molecule has 0 atom stereocenters. The molecule has 4 aromatic carbocycles. The van der Waals surface area contributed by atoms with Crippen molar-refractivity contribution in [1.82, 2.24) is 0 Å². The van der Waals surface area contributed by atoms with Gasteiger partial charge in [0.25, 0.3) is 0 Å². The van der Waals surface area contributed by atoms with Crippen LogP contribution in [0.4, 0.5) is 0 Å². The molecule has 0 aliphatic heterocycles. The summed E-state index contributed by atoms with van der Waals surface area (Å²) in [6.45, 7) is 0. The van der Waals surface area contributed by atoms with E-state index in [4.69, 9.17) is 0 Å². The first kappa shape index (κ1) is 11.5. The van der Waals surface area contributed by atoms with Gasteiger partial charge < -0.3 is 0 Å². The summed E-state index contributed by atoms with van der Waals surface area (Å²) in [6.07, 6.45) is 0. The van der Waals surface area contributed by atoms with Crippen LogP contribution in [0.25, 0.3) is 32.3 Å². The Bertz CT molecular complexity index is 672. The summed E-state index contributed by atoms with van der Waals surface area (Å²) in [5, 5.41) is 8.14. The van der Waals surface area contributed by atoms with Crippen LogP contribution < -0.4 is 0 Å². The van der Waals surface area contributed by atoms with Crippen LogP contribution in [0.1, 0.15) is 0 Å². The van der Waals surface area contributed by atoms with Crippen molar-refractivity contribution in [3.8, 4) is 0 Å². The molecule has 0 heterocycles. The smallest absolute Gasteiger partial charge is 0.00268 e. The monoisotopic (exact) mass is 296 g/mol. The third-order valence-electron chi connectivity index (χ3n) is 3.39. The third kappa shape index (κ3) is 1.58. The van der Waals surface area contributed by atoms with E-state index in [0.717, 1.165) is 0 Å². The Morgan fingerprint density at radius 2 is 0.778 bits per heavy atom. The van der Waals surface area contributed by atoms with Gasteiger partial charge in [0.1, 0.15) is 0 Å². The SMILES string of the molecule is CBr.c1cc2ccc3cccc4ccc(c1)c2c34. The fourth-order valence-electron chi connectivity index (χ4n) is 2.67. The second-order valence-electron chi connectivity index (χ2n) is 4.29. The van der Waals surface area contributed by atoms with E-state index in [2.05, 4.69) is 76.6 Å². The summed E-state index contributed by atoms with van der Waals surface area (Å²) >= 11 is 2.94. The van der Waals surface area contributed by atoms with Gasteiger partial charge in [0.15, 0.2) is 0 Å². The van der Waals surface area contributed by atoms with Gasteiger partial charge >= 0.3 is 0 Å². The summed E-state index contributed by atoms with van der Waals surface area (Å²) < 4.78 is 0. The normalized spacial score (nSPS) is 10.8. The molecule has 1 heteroatoms. The van der Waals surface area contributed by atoms with Crippen molar-refractivity contribution in [2.75, 3.05) is 5.83 Å². The van der Waals surface area contributed by atoms with Gasteiger partial charge in [-0.2, -0.15) is 0 Å². The Hall–Kier alpha value is -1.60. The Kier molecular flexibility index (Phi) is 2.92. The van der Waals surface area contributed by atoms with Crippen molar-refractivity contribution in [2.45, 2.75) is 0 Å². The molecule has 0 spiro atoms. The van der Waals surface area contributed by atoms with Gasteiger partial charge in [-0.1, -0.05) is 76.6 Å². The van der Waals surface area contributed by atoms with Crippen LogP contribution in [0.5, 0.6) is 0 Å². The van der Waals surface area contributed by atoms with Crippen molar-refractivity contribution in [1.29, 1.82) is 0 Å². The first-order chi connectivity index (χ1) is 8.93. The molecular formula is C17H13Br. The molecule has 0 N–H and O–H groups in total. The van der Waals surface area contributed by atoms with Gasteiger partial charge in [-0.15, -0.1) is 0 Å². The molecule has 0 amide bonds. The number of halogens is 1. The fourth-order valence-corrected chi connectivity index (χ4v) is 2.67. The van der Waals surface area contributed by atoms with Gasteiger partial charge in [0.2, 0.25) is 0 Å². The molecule has 4 rings (SSSR count). The molecule has 0 radical (unpaired) electrons. The number of hydrogen-bond acceptors (Lipinski definition) is 0. The molecule has 0 unspecified atom stereocenters. The zero-order valence-corrected chi connectivity index (χ0v) is 11.7. The maximum absolute atomic E-state index is 2.94. The lowest BCUT2D eigenvalue weighted by Gasteiger charge is -2.09. The van der Waals surface area contributed by atoms with Crippen LogP contribution in [-0.2, 0) is 0 Å². The molecule has 0 saturated heterocycles. The molecule has 0 aromatic heterocycles. The van der Waals surface area contributed by atoms with Gasteiger partial charge in [-0.3, -0.25) is 0 Å². The van der Waals surface area contributed by atoms with Crippen LogP contribution in [-0.4, -0.2) is 5.83 Å². The Morgan fingerprint density at radius 3 is 1.06 bits per heavy atom. The zero-order valence-electron chi connectivity index (χ0n) is 10.2. The molecule has 0 fully saturated rings. The van der Waals surface area contributed by atoms with Crippen molar-refractivity contribution in [3.05, 3.63) is 60.7 Å². The number of rotatable bonds is 0. The first-order valence-corrected chi connectivity index (χ1v) is 7.52. The van der Waals surface area contributed by atoms with Crippen LogP contribution in [0.15, 0.2) is 60.7 Å². The van der Waals surface area contributed by atoms with Gasteiger partial charge in [0.05, 0.1) is 0 Å². The summed E-state index contributed by atoms with van der Waals surface area (Å²) in [7, 11) is 0. The van der Waals surface area contributed by atoms with E-state index in [-0.39, 0.29) is 0 Å². The van der Waals surface area contributed by atoms with Crippen LogP contribution in [0, 0.1) is 0 Å². The molecule has 0 bridgehead atoms. The molecule has 0 aliphatic carbocycles. The topological polar surface area (TPSA) is 0 Å². The Labute approximate surface area is 115 Å². The van der Waals surface area contributed by atoms with Crippen LogP contribution in [0.3, 0.4) is 0 Å². The first-order valence-electron chi connectivity index (χ1n) is 5.94. The van der Waals surface area contributed by atoms with Crippen molar-refractivity contribution >= 4 is 48.2 Å². The van der Waals surface area contributed by atoms with Crippen molar-refractivity contribution < 1.29 is 0 Å². The average molecular weight is 297 g/mol. The number of hydrogen-bond donors (Lipinski definition) is 0. The molecule has 88 valence electrons. The summed E-state index contributed by atoms with van der Waals surface area (Å²) in [5.41, 5.74) is 0. The Balaban J connectivity index is 0.000000478. The molecule has 0 nitrogen and oxygen atoms in total. The highest BCUT2D eigenvalue weighted by Crippen LogP contribution is 2.33. The minimum absolute atomic E-state index is 1.34. The van der Waals surface area contributed by atoms with E-state index >= 15 is 0 Å². The second-order valence-corrected chi connectivity index (χ2v) is 4.29. The maximum atomic E-state index is 2.94. The van der Waals surface area contributed by atoms with Crippen LogP contribution in [0.2, 0.25) is 0 Å². The summed E-state index contributed by atoms with van der Waals surface area (Å²) in [5.74, 6) is 1.81. The Morgan fingerprint density at radius 1 is 0.500 bits per heavy atom. The second kappa shape index (κ2) is 4.58. The molecule has 0 aliphatic rings. The fraction of sp³-hybridized carbons (Fsp3) is 0.0588. The predicted octanol–water partition coefficient (Wildman–Crippen LogP) is 5.60. The van der Waals surface area contributed by atoms with Crippen LogP contribution >= 0.6 is 15.9 Å². The van der Waals surface area contributed by atoms with E-state index in [1.54, 1.807) is 0 Å². The standard InChI is InChI=1S/C16H10.CH3Br/c1-3-11-7-9-13-5-2-6-14-10-8-12(4-1)15(11)16(13)14;1-2/h1-10H;1H3. The predicted molar refractivity (Wildman–Crippen MR) is 85.0 cm³/mol. The lowest BCUT2D eigenvalue weighted by atomic mass is 9.95. The van der Waals surface area contributed by atoms with Crippen molar-refractivity contribution in [3.63, 3.8) is 0 Å². The molecule has 18 heavy (non-hydrogen) atoms. The van der Waals surface area contributed by atoms with E-state index in [0.29, 0.717) is 0 Å². The highest BCUT2D eigenvalue weighted by atomic mass is 79.9. The van der Waals surface area contributed by atoms with E-state index in [9.17, 15) is 0 Å². The quantitative estimate of drug-likeness (QED) is 0.293. The molecule has 0 saturated carbocycles. The largest absolute Gasteiger partial charge is 0.0966 e. The third-order valence-corrected chi connectivity index (χ3v) is 3.39.